The van der Waals surface area contributed by atoms with Crippen molar-refractivity contribution in [1.82, 2.24) is 19.9 Å². The summed E-state index contributed by atoms with van der Waals surface area (Å²) in [4.78, 5) is 2.63. The molecule has 1 aromatic heterocycles. The zero-order valence-electron chi connectivity index (χ0n) is 13.8. The van der Waals surface area contributed by atoms with Crippen LogP contribution in [-0.2, 0) is 17.9 Å². The molecular weight excluding hydrogens is 264 g/mol. The molecule has 1 fully saturated rings. The van der Waals surface area contributed by atoms with E-state index in [-0.39, 0.29) is 0 Å². The van der Waals surface area contributed by atoms with Gasteiger partial charge in [0.15, 0.2) is 0 Å². The Kier molecular flexibility index (Phi) is 6.64. The number of likely N-dealkylation sites (tertiary alicyclic amines) is 1. The lowest BCUT2D eigenvalue weighted by atomic mass is 9.95. The highest BCUT2D eigenvalue weighted by atomic mass is 16.5. The smallest absolute Gasteiger partial charge is 0.108 e. The fourth-order valence-corrected chi connectivity index (χ4v) is 3.28. The Labute approximate surface area is 128 Å². The van der Waals surface area contributed by atoms with Crippen molar-refractivity contribution in [3.8, 4) is 0 Å². The second kappa shape index (κ2) is 8.49. The lowest BCUT2D eigenvalue weighted by molar-refractivity contribution is 0.150. The summed E-state index contributed by atoms with van der Waals surface area (Å²) in [5.74, 6) is 1.57. The summed E-state index contributed by atoms with van der Waals surface area (Å²) >= 11 is 0. The van der Waals surface area contributed by atoms with E-state index in [1.54, 1.807) is 7.11 Å². The Morgan fingerprint density at radius 2 is 2.14 bits per heavy atom. The van der Waals surface area contributed by atoms with E-state index in [1.165, 1.54) is 45.3 Å². The van der Waals surface area contributed by atoms with Gasteiger partial charge in [0.1, 0.15) is 5.69 Å². The molecule has 5 heteroatoms. The van der Waals surface area contributed by atoms with Gasteiger partial charge in [-0.2, -0.15) is 0 Å². The van der Waals surface area contributed by atoms with Crippen LogP contribution in [0.5, 0.6) is 0 Å². The van der Waals surface area contributed by atoms with Crippen molar-refractivity contribution in [2.75, 3.05) is 26.7 Å². The van der Waals surface area contributed by atoms with Crippen LogP contribution in [0, 0.1) is 11.8 Å². The maximum absolute atomic E-state index is 5.08. The quantitative estimate of drug-likeness (QED) is 0.739. The van der Waals surface area contributed by atoms with Gasteiger partial charge in [0.2, 0.25) is 0 Å². The molecule has 120 valence electrons. The molecule has 1 unspecified atom stereocenters. The van der Waals surface area contributed by atoms with Crippen LogP contribution in [0.1, 0.15) is 45.2 Å². The highest BCUT2D eigenvalue weighted by molar-refractivity contribution is 4.90. The summed E-state index contributed by atoms with van der Waals surface area (Å²) in [5.41, 5.74) is 0.920. The highest BCUT2D eigenvalue weighted by Gasteiger charge is 2.21. The first-order valence-corrected chi connectivity index (χ1v) is 8.31. The zero-order chi connectivity index (χ0) is 15.1. The Bertz CT molecular complexity index is 399. The molecule has 1 atom stereocenters. The second-order valence-electron chi connectivity index (χ2n) is 6.50. The van der Waals surface area contributed by atoms with Gasteiger partial charge in [-0.05, 0) is 44.2 Å². The molecule has 0 aliphatic carbocycles. The van der Waals surface area contributed by atoms with E-state index in [9.17, 15) is 0 Å². The third kappa shape index (κ3) is 5.40. The van der Waals surface area contributed by atoms with Crippen molar-refractivity contribution >= 4 is 0 Å². The number of piperidine rings is 1. The van der Waals surface area contributed by atoms with Gasteiger partial charge in [-0.1, -0.05) is 25.5 Å². The Balaban J connectivity index is 1.70. The predicted octanol–water partition coefficient (Wildman–Crippen LogP) is 2.57. The van der Waals surface area contributed by atoms with Crippen LogP contribution >= 0.6 is 0 Å². The number of aromatic nitrogens is 3. The standard InChI is InChI=1S/C16H30N4O/c1-4-5-14(2)10-19-8-6-15(7-9-19)11-20-12-16(13-21-3)17-18-20/h12,14-15H,4-11,13H2,1-3H3. The predicted molar refractivity (Wildman–Crippen MR) is 84.0 cm³/mol. The van der Waals surface area contributed by atoms with E-state index in [1.807, 2.05) is 10.9 Å². The van der Waals surface area contributed by atoms with Crippen LogP contribution in [0.15, 0.2) is 6.20 Å². The van der Waals surface area contributed by atoms with Gasteiger partial charge >= 0.3 is 0 Å². The van der Waals surface area contributed by atoms with Crippen LogP contribution in [0.25, 0.3) is 0 Å². The van der Waals surface area contributed by atoms with Gasteiger partial charge in [-0.3, -0.25) is 4.68 Å². The maximum Gasteiger partial charge on any atom is 0.108 e. The summed E-state index contributed by atoms with van der Waals surface area (Å²) in [6.45, 7) is 9.93. The Morgan fingerprint density at radius 3 is 2.81 bits per heavy atom. The molecule has 1 aromatic rings. The van der Waals surface area contributed by atoms with Crippen LogP contribution in [0.3, 0.4) is 0 Å². The molecule has 1 aliphatic rings. The topological polar surface area (TPSA) is 43.2 Å². The van der Waals surface area contributed by atoms with Crippen molar-refractivity contribution in [1.29, 1.82) is 0 Å². The number of ether oxygens (including phenoxy) is 1. The largest absolute Gasteiger partial charge is 0.378 e. The molecule has 1 saturated heterocycles. The lowest BCUT2D eigenvalue weighted by Gasteiger charge is -2.33. The van der Waals surface area contributed by atoms with E-state index in [2.05, 4.69) is 29.1 Å². The number of rotatable bonds is 8. The SMILES string of the molecule is CCCC(C)CN1CCC(Cn2cc(COC)nn2)CC1. The minimum absolute atomic E-state index is 0.549. The van der Waals surface area contributed by atoms with Crippen molar-refractivity contribution in [2.45, 2.75) is 52.7 Å². The summed E-state index contributed by atoms with van der Waals surface area (Å²) in [5, 5.41) is 8.32. The summed E-state index contributed by atoms with van der Waals surface area (Å²) in [7, 11) is 1.69. The van der Waals surface area contributed by atoms with E-state index in [0.717, 1.165) is 24.1 Å². The third-order valence-electron chi connectivity index (χ3n) is 4.38. The zero-order valence-corrected chi connectivity index (χ0v) is 13.8. The van der Waals surface area contributed by atoms with Crippen molar-refractivity contribution in [3.63, 3.8) is 0 Å². The van der Waals surface area contributed by atoms with Gasteiger partial charge in [0, 0.05) is 20.2 Å². The summed E-state index contributed by atoms with van der Waals surface area (Å²) in [6, 6.07) is 0. The summed E-state index contributed by atoms with van der Waals surface area (Å²) in [6.07, 6.45) is 7.21. The van der Waals surface area contributed by atoms with E-state index >= 15 is 0 Å². The number of hydrogen-bond acceptors (Lipinski definition) is 4. The molecule has 0 N–H and O–H groups in total. The third-order valence-corrected chi connectivity index (χ3v) is 4.38. The average molecular weight is 294 g/mol. The fraction of sp³-hybridized carbons (Fsp3) is 0.875. The molecule has 0 aromatic carbocycles. The fourth-order valence-electron chi connectivity index (χ4n) is 3.28. The first kappa shape index (κ1) is 16.4. The van der Waals surface area contributed by atoms with E-state index in [4.69, 9.17) is 4.74 Å². The average Bonchev–Trinajstić information content (AvgIpc) is 2.89. The van der Waals surface area contributed by atoms with Gasteiger partial charge in [0.25, 0.3) is 0 Å². The van der Waals surface area contributed by atoms with E-state index < -0.39 is 0 Å². The van der Waals surface area contributed by atoms with E-state index in [0.29, 0.717) is 6.61 Å². The van der Waals surface area contributed by atoms with Gasteiger partial charge in [-0.25, -0.2) is 0 Å². The number of hydrogen-bond donors (Lipinski definition) is 0. The van der Waals surface area contributed by atoms with Gasteiger partial charge in [-0.15, -0.1) is 5.10 Å². The molecule has 1 aliphatic heterocycles. The molecule has 5 nitrogen and oxygen atoms in total. The minimum Gasteiger partial charge on any atom is -0.378 e. The molecule has 0 amide bonds. The number of methoxy groups -OCH3 is 1. The first-order chi connectivity index (χ1) is 10.2. The molecule has 0 saturated carbocycles. The first-order valence-electron chi connectivity index (χ1n) is 8.31. The van der Waals surface area contributed by atoms with Gasteiger partial charge < -0.3 is 9.64 Å². The normalized spacial score (nSPS) is 19.0. The molecule has 0 spiro atoms. The Morgan fingerprint density at radius 1 is 1.38 bits per heavy atom. The lowest BCUT2D eigenvalue weighted by Crippen LogP contribution is -2.37. The number of nitrogens with zero attached hydrogens (tertiary/aromatic N) is 4. The summed E-state index contributed by atoms with van der Waals surface area (Å²) < 4.78 is 7.06. The molecule has 0 bridgehead atoms. The molecule has 2 rings (SSSR count). The van der Waals surface area contributed by atoms with Gasteiger partial charge in [0.05, 0.1) is 12.8 Å². The van der Waals surface area contributed by atoms with Crippen molar-refractivity contribution in [3.05, 3.63) is 11.9 Å². The van der Waals surface area contributed by atoms with Crippen LogP contribution < -0.4 is 0 Å². The Hall–Kier alpha value is -0.940. The minimum atomic E-state index is 0.549. The van der Waals surface area contributed by atoms with Crippen LogP contribution in [0.2, 0.25) is 0 Å². The van der Waals surface area contributed by atoms with Crippen LogP contribution in [-0.4, -0.2) is 46.6 Å². The molecule has 21 heavy (non-hydrogen) atoms. The molecule has 2 heterocycles. The second-order valence-corrected chi connectivity index (χ2v) is 6.50. The molecule has 0 radical (unpaired) electrons. The monoisotopic (exact) mass is 294 g/mol. The highest BCUT2D eigenvalue weighted by Crippen LogP contribution is 2.20. The van der Waals surface area contributed by atoms with Crippen molar-refractivity contribution < 1.29 is 4.74 Å². The van der Waals surface area contributed by atoms with Crippen molar-refractivity contribution in [2.24, 2.45) is 11.8 Å². The van der Waals surface area contributed by atoms with Crippen LogP contribution in [0.4, 0.5) is 0 Å². The maximum atomic E-state index is 5.08. The molecular formula is C16H30N4O.